The average Bonchev–Trinajstić information content (AvgIpc) is 2.75. The van der Waals surface area contributed by atoms with Crippen LogP contribution in [0.3, 0.4) is 0 Å². The molecule has 1 saturated heterocycles. The molecule has 2 aromatic carbocycles. The van der Waals surface area contributed by atoms with Crippen LogP contribution in [-0.4, -0.2) is 24.0 Å². The summed E-state index contributed by atoms with van der Waals surface area (Å²) in [6.45, 7) is 3.37. The highest BCUT2D eigenvalue weighted by molar-refractivity contribution is 6.31. The van der Waals surface area contributed by atoms with Crippen molar-refractivity contribution >= 4 is 39.8 Å². The van der Waals surface area contributed by atoms with E-state index in [1.807, 2.05) is 43.3 Å². The summed E-state index contributed by atoms with van der Waals surface area (Å²) in [6.07, 6.45) is 3.09. The number of aromatic nitrogens is 1. The summed E-state index contributed by atoms with van der Waals surface area (Å²) in [7, 11) is 0. The number of rotatable bonds is 3. The SMILES string of the molecule is Cc1ccc(NC(=O)C2CCN(c3c(C#N)cnc4ccccc34)CC2)cc1Cl. The van der Waals surface area contributed by atoms with Crippen LogP contribution in [0.15, 0.2) is 48.7 Å². The smallest absolute Gasteiger partial charge is 0.227 e. The van der Waals surface area contributed by atoms with E-state index in [4.69, 9.17) is 11.6 Å². The number of hydrogen-bond donors (Lipinski definition) is 1. The Bertz CT molecular complexity index is 1110. The first-order chi connectivity index (χ1) is 14.1. The first-order valence-electron chi connectivity index (χ1n) is 9.66. The first-order valence-corrected chi connectivity index (χ1v) is 10.0. The largest absolute Gasteiger partial charge is 0.370 e. The second-order valence-corrected chi connectivity index (χ2v) is 7.77. The van der Waals surface area contributed by atoms with Crippen molar-refractivity contribution in [3.05, 3.63) is 64.8 Å². The highest BCUT2D eigenvalue weighted by atomic mass is 35.5. The Kier molecular flexibility index (Phi) is 5.37. The predicted octanol–water partition coefficient (Wildman–Crippen LogP) is 4.92. The predicted molar refractivity (Wildman–Crippen MR) is 116 cm³/mol. The third-order valence-corrected chi connectivity index (χ3v) is 5.90. The van der Waals surface area contributed by atoms with Crippen LogP contribution in [0.2, 0.25) is 5.02 Å². The third kappa shape index (κ3) is 3.90. The van der Waals surface area contributed by atoms with Gasteiger partial charge in [0.05, 0.1) is 16.8 Å². The molecule has 0 aliphatic carbocycles. The van der Waals surface area contributed by atoms with Gasteiger partial charge in [0.15, 0.2) is 0 Å². The number of nitriles is 1. The maximum atomic E-state index is 12.7. The number of nitrogens with zero attached hydrogens (tertiary/aromatic N) is 3. The molecule has 0 radical (unpaired) electrons. The van der Waals surface area contributed by atoms with Gasteiger partial charge in [-0.05, 0) is 43.5 Å². The van der Waals surface area contributed by atoms with E-state index in [1.54, 1.807) is 12.3 Å². The fourth-order valence-corrected chi connectivity index (χ4v) is 4.01. The van der Waals surface area contributed by atoms with Crippen molar-refractivity contribution in [3.63, 3.8) is 0 Å². The van der Waals surface area contributed by atoms with Gasteiger partial charge >= 0.3 is 0 Å². The second kappa shape index (κ2) is 8.10. The minimum Gasteiger partial charge on any atom is -0.370 e. The number of amides is 1. The zero-order valence-corrected chi connectivity index (χ0v) is 16.9. The van der Waals surface area contributed by atoms with Gasteiger partial charge in [0.25, 0.3) is 0 Å². The van der Waals surface area contributed by atoms with Gasteiger partial charge in [0.1, 0.15) is 6.07 Å². The van der Waals surface area contributed by atoms with Gasteiger partial charge in [0.2, 0.25) is 5.91 Å². The molecule has 3 aromatic rings. The minimum atomic E-state index is -0.0648. The topological polar surface area (TPSA) is 69.0 Å². The zero-order chi connectivity index (χ0) is 20.4. The number of fused-ring (bicyclic) bond motifs is 1. The van der Waals surface area contributed by atoms with E-state index in [-0.39, 0.29) is 11.8 Å². The van der Waals surface area contributed by atoms with E-state index in [0.717, 1.165) is 53.8 Å². The maximum Gasteiger partial charge on any atom is 0.227 e. The van der Waals surface area contributed by atoms with Crippen LogP contribution >= 0.6 is 11.6 Å². The number of aryl methyl sites for hydroxylation is 1. The molecule has 0 bridgehead atoms. The van der Waals surface area contributed by atoms with E-state index >= 15 is 0 Å². The summed E-state index contributed by atoms with van der Waals surface area (Å²) in [5.41, 5.74) is 4.07. The summed E-state index contributed by atoms with van der Waals surface area (Å²) in [6, 6.07) is 15.7. The van der Waals surface area contributed by atoms with E-state index in [1.165, 1.54) is 0 Å². The van der Waals surface area contributed by atoms with Crippen LogP contribution < -0.4 is 10.2 Å². The van der Waals surface area contributed by atoms with E-state index in [9.17, 15) is 10.1 Å². The Balaban J connectivity index is 1.48. The number of piperidine rings is 1. The van der Waals surface area contributed by atoms with Crippen molar-refractivity contribution < 1.29 is 4.79 Å². The molecule has 4 rings (SSSR count). The molecule has 1 aromatic heterocycles. The Labute approximate surface area is 174 Å². The zero-order valence-electron chi connectivity index (χ0n) is 16.2. The number of benzene rings is 2. The van der Waals surface area contributed by atoms with E-state index < -0.39 is 0 Å². The lowest BCUT2D eigenvalue weighted by molar-refractivity contribution is -0.120. The normalized spacial score (nSPS) is 14.6. The molecule has 1 aliphatic rings. The van der Waals surface area contributed by atoms with Crippen LogP contribution in [0.25, 0.3) is 10.9 Å². The first kappa shape index (κ1) is 19.2. The minimum absolute atomic E-state index is 0.0182. The molecule has 146 valence electrons. The van der Waals surface area contributed by atoms with Gasteiger partial charge in [-0.3, -0.25) is 9.78 Å². The van der Waals surface area contributed by atoms with Crippen molar-refractivity contribution in [2.75, 3.05) is 23.3 Å². The van der Waals surface area contributed by atoms with Crippen LogP contribution in [0.5, 0.6) is 0 Å². The van der Waals surface area contributed by atoms with Gasteiger partial charge in [-0.1, -0.05) is 35.9 Å². The number of pyridine rings is 1. The molecule has 29 heavy (non-hydrogen) atoms. The number of carbonyl (C=O) groups excluding carboxylic acids is 1. The van der Waals surface area contributed by atoms with Crippen molar-refractivity contribution in [1.29, 1.82) is 5.26 Å². The van der Waals surface area contributed by atoms with E-state index in [2.05, 4.69) is 21.3 Å². The van der Waals surface area contributed by atoms with Gasteiger partial charge in [0, 0.05) is 41.3 Å². The molecule has 6 heteroatoms. The second-order valence-electron chi connectivity index (χ2n) is 7.36. The number of nitrogens with one attached hydrogen (secondary N) is 1. The summed E-state index contributed by atoms with van der Waals surface area (Å²) in [4.78, 5) is 19.3. The lowest BCUT2D eigenvalue weighted by Crippen LogP contribution is -2.38. The molecule has 0 atom stereocenters. The highest BCUT2D eigenvalue weighted by Crippen LogP contribution is 2.32. The van der Waals surface area contributed by atoms with Crippen LogP contribution in [0.1, 0.15) is 24.0 Å². The van der Waals surface area contributed by atoms with Gasteiger partial charge in [-0.25, -0.2) is 0 Å². The Morgan fingerprint density at radius 2 is 2.00 bits per heavy atom. The van der Waals surface area contributed by atoms with Gasteiger partial charge < -0.3 is 10.2 Å². The molecular weight excluding hydrogens is 384 g/mol. The number of anilines is 2. The van der Waals surface area contributed by atoms with Crippen molar-refractivity contribution in [2.45, 2.75) is 19.8 Å². The summed E-state index contributed by atoms with van der Waals surface area (Å²) in [5, 5.41) is 14.2. The molecule has 1 amide bonds. The van der Waals surface area contributed by atoms with Crippen LogP contribution in [-0.2, 0) is 4.79 Å². The third-order valence-electron chi connectivity index (χ3n) is 5.49. The number of halogens is 1. The summed E-state index contributed by atoms with van der Waals surface area (Å²) in [5.74, 6) is -0.0466. The fourth-order valence-electron chi connectivity index (χ4n) is 3.83. The lowest BCUT2D eigenvalue weighted by Gasteiger charge is -2.34. The van der Waals surface area contributed by atoms with Crippen LogP contribution in [0, 0.1) is 24.2 Å². The summed E-state index contributed by atoms with van der Waals surface area (Å²) < 4.78 is 0. The quantitative estimate of drug-likeness (QED) is 0.672. The molecule has 2 heterocycles. The van der Waals surface area contributed by atoms with Crippen molar-refractivity contribution in [1.82, 2.24) is 4.98 Å². The average molecular weight is 405 g/mol. The molecular formula is C23H21ClN4O. The Morgan fingerprint density at radius 1 is 1.24 bits per heavy atom. The maximum absolute atomic E-state index is 12.7. The van der Waals surface area contributed by atoms with Gasteiger partial charge in [-0.15, -0.1) is 0 Å². The molecule has 0 saturated carbocycles. The fraction of sp³-hybridized carbons (Fsp3) is 0.261. The molecule has 0 unspecified atom stereocenters. The van der Waals surface area contributed by atoms with Crippen molar-refractivity contribution in [3.8, 4) is 6.07 Å². The highest BCUT2D eigenvalue weighted by Gasteiger charge is 2.27. The molecule has 1 aliphatic heterocycles. The molecule has 1 N–H and O–H groups in total. The molecule has 1 fully saturated rings. The standard InChI is InChI=1S/C23H21ClN4O/c1-15-6-7-18(12-20(15)24)27-23(29)16-8-10-28(11-9-16)22-17(13-25)14-26-21-5-3-2-4-19(21)22/h2-7,12,14,16H,8-11H2,1H3,(H,27,29). The lowest BCUT2D eigenvalue weighted by atomic mass is 9.94. The monoisotopic (exact) mass is 404 g/mol. The Hall–Kier alpha value is -3.10. The summed E-state index contributed by atoms with van der Waals surface area (Å²) >= 11 is 6.16. The van der Waals surface area contributed by atoms with Gasteiger partial charge in [-0.2, -0.15) is 5.26 Å². The number of para-hydroxylation sites is 1. The molecule has 0 spiro atoms. The number of carbonyl (C=O) groups is 1. The van der Waals surface area contributed by atoms with E-state index in [0.29, 0.717) is 10.6 Å². The molecule has 5 nitrogen and oxygen atoms in total. The Morgan fingerprint density at radius 3 is 2.72 bits per heavy atom. The van der Waals surface area contributed by atoms with Crippen LogP contribution in [0.4, 0.5) is 11.4 Å². The van der Waals surface area contributed by atoms with Crippen molar-refractivity contribution in [2.24, 2.45) is 5.92 Å². The number of hydrogen-bond acceptors (Lipinski definition) is 4.